The highest BCUT2D eigenvalue weighted by Gasteiger charge is 2.30. The maximum Gasteiger partial charge on any atom is 0.274 e. The molecule has 116 valence electrons. The van der Waals surface area contributed by atoms with Gasteiger partial charge in [-0.05, 0) is 39.0 Å². The molecule has 0 radical (unpaired) electrons. The van der Waals surface area contributed by atoms with E-state index in [0.717, 1.165) is 24.5 Å². The van der Waals surface area contributed by atoms with Crippen LogP contribution < -0.4 is 5.32 Å². The lowest BCUT2D eigenvalue weighted by Crippen LogP contribution is -2.57. The van der Waals surface area contributed by atoms with Gasteiger partial charge in [0.2, 0.25) is 0 Å². The average Bonchev–Trinajstić information content (AvgIpc) is 2.92. The summed E-state index contributed by atoms with van der Waals surface area (Å²) in [6, 6.07) is 12.2. The maximum absolute atomic E-state index is 12.8. The van der Waals surface area contributed by atoms with Crippen molar-refractivity contribution in [1.82, 2.24) is 20.0 Å². The largest absolute Gasteiger partial charge is 0.332 e. The standard InChI is InChI=1S/C17H22N4O/c1-12-11-16(19-21(12)15-7-5-4-6-8-15)17(22)20-10-9-18-13(2)14(20)3/h4-8,11,13-14,18H,9-10H2,1-3H3. The minimum atomic E-state index is 0.0126. The van der Waals surface area contributed by atoms with E-state index < -0.39 is 0 Å². The summed E-state index contributed by atoms with van der Waals surface area (Å²) in [6.45, 7) is 7.71. The Kier molecular flexibility index (Phi) is 3.98. The van der Waals surface area contributed by atoms with Crippen LogP contribution in [-0.2, 0) is 0 Å². The summed E-state index contributed by atoms with van der Waals surface area (Å²) in [5.74, 6) is 0.0126. The van der Waals surface area contributed by atoms with Crippen LogP contribution in [0.2, 0.25) is 0 Å². The molecule has 1 N–H and O–H groups in total. The Morgan fingerprint density at radius 1 is 1.27 bits per heavy atom. The van der Waals surface area contributed by atoms with Gasteiger partial charge >= 0.3 is 0 Å². The molecule has 0 spiro atoms. The van der Waals surface area contributed by atoms with Gasteiger partial charge in [-0.1, -0.05) is 18.2 Å². The van der Waals surface area contributed by atoms with Gasteiger partial charge in [0.05, 0.1) is 5.69 Å². The lowest BCUT2D eigenvalue weighted by molar-refractivity contribution is 0.0596. The SMILES string of the molecule is Cc1cc(C(=O)N2CCNC(C)C2C)nn1-c1ccccc1. The predicted octanol–water partition coefficient (Wildman–Crippen LogP) is 2.00. The molecule has 0 aliphatic carbocycles. The fourth-order valence-electron chi connectivity index (χ4n) is 2.90. The Hall–Kier alpha value is -2.14. The van der Waals surface area contributed by atoms with Crippen molar-refractivity contribution in [3.8, 4) is 5.69 Å². The van der Waals surface area contributed by atoms with E-state index >= 15 is 0 Å². The van der Waals surface area contributed by atoms with Gasteiger partial charge in [0, 0.05) is 30.9 Å². The average molecular weight is 298 g/mol. The van der Waals surface area contributed by atoms with Gasteiger partial charge in [-0.15, -0.1) is 0 Å². The number of hydrogen-bond acceptors (Lipinski definition) is 3. The van der Waals surface area contributed by atoms with Crippen LogP contribution in [0.15, 0.2) is 36.4 Å². The molecule has 1 aliphatic rings. The molecular weight excluding hydrogens is 276 g/mol. The van der Waals surface area contributed by atoms with E-state index in [4.69, 9.17) is 0 Å². The van der Waals surface area contributed by atoms with Crippen LogP contribution in [0, 0.1) is 6.92 Å². The number of hydrogen-bond donors (Lipinski definition) is 1. The number of benzene rings is 1. The number of aryl methyl sites for hydroxylation is 1. The lowest BCUT2D eigenvalue weighted by Gasteiger charge is -2.38. The van der Waals surface area contributed by atoms with Gasteiger partial charge in [-0.25, -0.2) is 4.68 Å². The van der Waals surface area contributed by atoms with Gasteiger partial charge < -0.3 is 10.2 Å². The minimum absolute atomic E-state index is 0.0126. The molecule has 3 rings (SSSR count). The number of carbonyl (C=O) groups excluding carboxylic acids is 1. The highest BCUT2D eigenvalue weighted by Crippen LogP contribution is 2.16. The first-order valence-corrected chi connectivity index (χ1v) is 7.74. The second-order valence-electron chi connectivity index (χ2n) is 5.90. The van der Waals surface area contributed by atoms with Gasteiger partial charge in [-0.2, -0.15) is 5.10 Å². The smallest absolute Gasteiger partial charge is 0.274 e. The van der Waals surface area contributed by atoms with E-state index in [0.29, 0.717) is 11.7 Å². The molecule has 1 amide bonds. The van der Waals surface area contributed by atoms with Crippen LogP contribution in [0.5, 0.6) is 0 Å². The summed E-state index contributed by atoms with van der Waals surface area (Å²) in [6.07, 6.45) is 0. The number of rotatable bonds is 2. The number of carbonyl (C=O) groups is 1. The molecule has 1 aliphatic heterocycles. The molecule has 0 saturated carbocycles. The van der Waals surface area contributed by atoms with Crippen molar-refractivity contribution in [2.24, 2.45) is 0 Å². The van der Waals surface area contributed by atoms with Crippen LogP contribution in [0.4, 0.5) is 0 Å². The first-order chi connectivity index (χ1) is 10.6. The van der Waals surface area contributed by atoms with Crippen molar-refractivity contribution >= 4 is 5.91 Å². The number of para-hydroxylation sites is 1. The van der Waals surface area contributed by atoms with Crippen LogP contribution >= 0.6 is 0 Å². The van der Waals surface area contributed by atoms with Crippen LogP contribution in [0.25, 0.3) is 5.69 Å². The van der Waals surface area contributed by atoms with Crippen LogP contribution in [0.3, 0.4) is 0 Å². The molecule has 5 nitrogen and oxygen atoms in total. The molecule has 2 heterocycles. The van der Waals surface area contributed by atoms with E-state index in [-0.39, 0.29) is 11.9 Å². The van der Waals surface area contributed by atoms with Crippen LogP contribution in [0.1, 0.15) is 30.0 Å². The molecule has 5 heteroatoms. The van der Waals surface area contributed by atoms with Gasteiger partial charge in [0.15, 0.2) is 5.69 Å². The normalized spacial score (nSPS) is 21.9. The second-order valence-corrected chi connectivity index (χ2v) is 5.90. The first kappa shape index (κ1) is 14.8. The molecule has 2 atom stereocenters. The quantitative estimate of drug-likeness (QED) is 0.922. The number of nitrogens with one attached hydrogen (secondary N) is 1. The third kappa shape index (κ3) is 2.64. The topological polar surface area (TPSA) is 50.2 Å². The Balaban J connectivity index is 1.88. The molecule has 1 saturated heterocycles. The Bertz CT molecular complexity index is 665. The first-order valence-electron chi connectivity index (χ1n) is 7.74. The van der Waals surface area contributed by atoms with Gasteiger partial charge in [0.25, 0.3) is 5.91 Å². The Morgan fingerprint density at radius 3 is 2.73 bits per heavy atom. The van der Waals surface area contributed by atoms with Crippen molar-refractivity contribution in [3.05, 3.63) is 47.8 Å². The molecule has 1 fully saturated rings. The summed E-state index contributed by atoms with van der Waals surface area (Å²) >= 11 is 0. The van der Waals surface area contributed by atoms with Gasteiger partial charge in [-0.3, -0.25) is 4.79 Å². The molecule has 22 heavy (non-hydrogen) atoms. The van der Waals surface area contributed by atoms with Crippen molar-refractivity contribution in [2.45, 2.75) is 32.9 Å². The molecule has 2 aromatic rings. The van der Waals surface area contributed by atoms with E-state index in [1.54, 1.807) is 0 Å². The lowest BCUT2D eigenvalue weighted by atomic mass is 10.1. The summed E-state index contributed by atoms with van der Waals surface area (Å²) in [5.41, 5.74) is 2.45. The zero-order valence-corrected chi connectivity index (χ0v) is 13.3. The van der Waals surface area contributed by atoms with Crippen LogP contribution in [-0.4, -0.2) is 45.8 Å². The summed E-state index contributed by atoms with van der Waals surface area (Å²) in [5, 5.41) is 7.91. The number of piperazine rings is 1. The third-order valence-electron chi connectivity index (χ3n) is 4.40. The monoisotopic (exact) mass is 298 g/mol. The third-order valence-corrected chi connectivity index (χ3v) is 4.40. The van der Waals surface area contributed by atoms with Crippen molar-refractivity contribution < 1.29 is 4.79 Å². The fourth-order valence-corrected chi connectivity index (χ4v) is 2.90. The fraction of sp³-hybridized carbons (Fsp3) is 0.412. The molecule has 1 aromatic heterocycles. The van der Waals surface area contributed by atoms with E-state index in [1.165, 1.54) is 0 Å². The molecule has 2 unspecified atom stereocenters. The zero-order valence-electron chi connectivity index (χ0n) is 13.3. The zero-order chi connectivity index (χ0) is 15.7. The Morgan fingerprint density at radius 2 is 2.00 bits per heavy atom. The van der Waals surface area contributed by atoms with E-state index in [1.807, 2.05) is 52.9 Å². The van der Waals surface area contributed by atoms with E-state index in [2.05, 4.69) is 24.3 Å². The van der Waals surface area contributed by atoms with Crippen molar-refractivity contribution in [3.63, 3.8) is 0 Å². The van der Waals surface area contributed by atoms with Crippen molar-refractivity contribution in [1.29, 1.82) is 0 Å². The number of amides is 1. The molecular formula is C17H22N4O. The summed E-state index contributed by atoms with van der Waals surface area (Å²) in [4.78, 5) is 14.7. The minimum Gasteiger partial charge on any atom is -0.332 e. The predicted molar refractivity (Wildman–Crippen MR) is 86.3 cm³/mol. The second kappa shape index (κ2) is 5.93. The van der Waals surface area contributed by atoms with Crippen molar-refractivity contribution in [2.75, 3.05) is 13.1 Å². The Labute approximate surface area is 130 Å². The highest BCUT2D eigenvalue weighted by atomic mass is 16.2. The molecule has 0 bridgehead atoms. The maximum atomic E-state index is 12.8. The number of nitrogens with zero attached hydrogens (tertiary/aromatic N) is 3. The van der Waals surface area contributed by atoms with Gasteiger partial charge in [0.1, 0.15) is 0 Å². The highest BCUT2D eigenvalue weighted by molar-refractivity contribution is 5.92. The van der Waals surface area contributed by atoms with E-state index in [9.17, 15) is 4.79 Å². The number of aromatic nitrogens is 2. The summed E-state index contributed by atoms with van der Waals surface area (Å²) in [7, 11) is 0. The molecule has 1 aromatic carbocycles. The summed E-state index contributed by atoms with van der Waals surface area (Å²) < 4.78 is 1.82.